The molecule has 72 valence electrons. The van der Waals surface area contributed by atoms with Crippen LogP contribution >= 0.6 is 11.6 Å². The van der Waals surface area contributed by atoms with Crippen molar-refractivity contribution in [2.75, 3.05) is 7.11 Å². The van der Waals surface area contributed by atoms with E-state index in [0.29, 0.717) is 10.9 Å². The van der Waals surface area contributed by atoms with Crippen molar-refractivity contribution in [3.63, 3.8) is 0 Å². The van der Waals surface area contributed by atoms with Crippen LogP contribution in [0.15, 0.2) is 24.3 Å². The number of aryl methyl sites for hydroxylation is 1. The zero-order valence-electron chi connectivity index (χ0n) is 8.04. The second-order valence-corrected chi connectivity index (χ2v) is 3.52. The monoisotopic (exact) mass is 207 g/mol. The molecule has 0 aliphatic rings. The van der Waals surface area contributed by atoms with Gasteiger partial charge in [-0.2, -0.15) is 0 Å². The highest BCUT2D eigenvalue weighted by molar-refractivity contribution is 6.35. The zero-order chi connectivity index (χ0) is 10.1. The molecule has 0 aliphatic heterocycles. The Morgan fingerprint density at radius 1 is 1.36 bits per heavy atom. The molecule has 2 nitrogen and oxygen atoms in total. The summed E-state index contributed by atoms with van der Waals surface area (Å²) in [7, 11) is 1.58. The minimum Gasteiger partial charge on any atom is -0.481 e. The van der Waals surface area contributed by atoms with Crippen molar-refractivity contribution in [1.82, 2.24) is 4.98 Å². The normalized spacial score (nSPS) is 10.5. The summed E-state index contributed by atoms with van der Waals surface area (Å²) >= 11 is 6.13. The van der Waals surface area contributed by atoms with Crippen LogP contribution in [0.3, 0.4) is 0 Å². The molecule has 2 rings (SSSR count). The number of methoxy groups -OCH3 is 1. The van der Waals surface area contributed by atoms with Gasteiger partial charge in [-0.15, -0.1) is 0 Å². The van der Waals surface area contributed by atoms with Crippen molar-refractivity contribution in [3.05, 3.63) is 34.9 Å². The van der Waals surface area contributed by atoms with Crippen LogP contribution in [0, 0.1) is 6.92 Å². The Balaban J connectivity index is 2.83. The minimum atomic E-state index is 0.549. The SMILES string of the molecule is COc1cc(Cl)c2c(C)cccc2n1. The number of rotatable bonds is 1. The number of halogens is 1. The summed E-state index contributed by atoms with van der Waals surface area (Å²) in [5, 5.41) is 1.68. The summed E-state index contributed by atoms with van der Waals surface area (Å²) in [6.45, 7) is 2.02. The quantitative estimate of drug-likeness (QED) is 0.717. The summed E-state index contributed by atoms with van der Waals surface area (Å²) in [5.41, 5.74) is 2.00. The van der Waals surface area contributed by atoms with Gasteiger partial charge in [0.15, 0.2) is 0 Å². The average Bonchev–Trinajstić information content (AvgIpc) is 2.17. The third-order valence-electron chi connectivity index (χ3n) is 2.18. The molecule has 0 radical (unpaired) electrons. The van der Waals surface area contributed by atoms with E-state index in [2.05, 4.69) is 4.98 Å². The van der Waals surface area contributed by atoms with E-state index in [1.54, 1.807) is 13.2 Å². The van der Waals surface area contributed by atoms with Crippen LogP contribution in [0.25, 0.3) is 10.9 Å². The topological polar surface area (TPSA) is 22.1 Å². The molecule has 0 amide bonds. The van der Waals surface area contributed by atoms with Gasteiger partial charge in [0.1, 0.15) is 0 Å². The number of hydrogen-bond acceptors (Lipinski definition) is 2. The average molecular weight is 208 g/mol. The van der Waals surface area contributed by atoms with Crippen molar-refractivity contribution in [2.24, 2.45) is 0 Å². The summed E-state index contributed by atoms with van der Waals surface area (Å²) < 4.78 is 5.05. The molecular weight excluding hydrogens is 198 g/mol. The zero-order valence-corrected chi connectivity index (χ0v) is 8.80. The summed E-state index contributed by atoms with van der Waals surface area (Å²) in [6.07, 6.45) is 0. The Hall–Kier alpha value is -1.28. The first-order valence-corrected chi connectivity index (χ1v) is 4.70. The lowest BCUT2D eigenvalue weighted by Gasteiger charge is -2.05. The van der Waals surface area contributed by atoms with Crippen LogP contribution in [-0.4, -0.2) is 12.1 Å². The fourth-order valence-corrected chi connectivity index (χ4v) is 1.83. The van der Waals surface area contributed by atoms with Crippen molar-refractivity contribution in [1.29, 1.82) is 0 Å². The number of aromatic nitrogens is 1. The first-order chi connectivity index (χ1) is 6.72. The number of nitrogens with zero attached hydrogens (tertiary/aromatic N) is 1. The molecule has 0 spiro atoms. The maximum Gasteiger partial charge on any atom is 0.215 e. The highest BCUT2D eigenvalue weighted by Crippen LogP contribution is 2.28. The standard InChI is InChI=1S/C11H10ClNO/c1-7-4-3-5-9-11(7)8(12)6-10(13-9)14-2/h3-6H,1-2H3. The lowest BCUT2D eigenvalue weighted by molar-refractivity contribution is 0.399. The first kappa shape index (κ1) is 9.28. The Bertz CT molecular complexity index is 482. The molecule has 1 aromatic heterocycles. The fourth-order valence-electron chi connectivity index (χ4n) is 1.49. The summed E-state index contributed by atoms with van der Waals surface area (Å²) in [4.78, 5) is 4.31. The molecule has 0 aliphatic carbocycles. The van der Waals surface area contributed by atoms with Crippen LogP contribution in [0.4, 0.5) is 0 Å². The van der Waals surface area contributed by atoms with Crippen molar-refractivity contribution < 1.29 is 4.74 Å². The Morgan fingerprint density at radius 2 is 2.14 bits per heavy atom. The van der Waals surface area contributed by atoms with Gasteiger partial charge in [0.25, 0.3) is 0 Å². The summed E-state index contributed by atoms with van der Waals surface area (Å²) in [6, 6.07) is 7.64. The van der Waals surface area contributed by atoms with Gasteiger partial charge in [0.05, 0.1) is 17.6 Å². The number of benzene rings is 1. The molecule has 0 N–H and O–H groups in total. The molecule has 1 aromatic carbocycles. The van der Waals surface area contributed by atoms with Gasteiger partial charge in [-0.1, -0.05) is 23.7 Å². The molecule has 0 atom stereocenters. The van der Waals surface area contributed by atoms with E-state index in [0.717, 1.165) is 16.5 Å². The maximum atomic E-state index is 6.13. The van der Waals surface area contributed by atoms with Gasteiger partial charge < -0.3 is 4.74 Å². The van der Waals surface area contributed by atoms with E-state index in [1.165, 1.54) is 0 Å². The number of pyridine rings is 1. The highest BCUT2D eigenvalue weighted by atomic mass is 35.5. The summed E-state index contributed by atoms with van der Waals surface area (Å²) in [5.74, 6) is 0.549. The third kappa shape index (κ3) is 1.42. The largest absolute Gasteiger partial charge is 0.481 e. The molecule has 3 heteroatoms. The Morgan fingerprint density at radius 3 is 2.86 bits per heavy atom. The predicted molar refractivity (Wildman–Crippen MR) is 58.0 cm³/mol. The van der Waals surface area contributed by atoms with E-state index in [1.807, 2.05) is 25.1 Å². The number of hydrogen-bond donors (Lipinski definition) is 0. The van der Waals surface area contributed by atoms with E-state index in [-0.39, 0.29) is 0 Å². The van der Waals surface area contributed by atoms with Crippen molar-refractivity contribution in [2.45, 2.75) is 6.92 Å². The predicted octanol–water partition coefficient (Wildman–Crippen LogP) is 3.21. The number of fused-ring (bicyclic) bond motifs is 1. The lowest BCUT2D eigenvalue weighted by Crippen LogP contribution is -1.90. The van der Waals surface area contributed by atoms with Crippen molar-refractivity contribution >= 4 is 22.5 Å². The third-order valence-corrected chi connectivity index (χ3v) is 2.48. The van der Waals surface area contributed by atoms with E-state index in [4.69, 9.17) is 16.3 Å². The van der Waals surface area contributed by atoms with Gasteiger partial charge >= 0.3 is 0 Å². The molecule has 0 saturated heterocycles. The van der Waals surface area contributed by atoms with Gasteiger partial charge in [-0.25, -0.2) is 4.98 Å². The Labute approximate surface area is 87.5 Å². The number of ether oxygens (including phenoxy) is 1. The molecular formula is C11H10ClNO. The molecule has 14 heavy (non-hydrogen) atoms. The van der Waals surface area contributed by atoms with Crippen LogP contribution < -0.4 is 4.74 Å². The smallest absolute Gasteiger partial charge is 0.215 e. The minimum absolute atomic E-state index is 0.549. The molecule has 0 unspecified atom stereocenters. The van der Waals surface area contributed by atoms with Crippen LogP contribution in [0.1, 0.15) is 5.56 Å². The fraction of sp³-hybridized carbons (Fsp3) is 0.182. The molecule has 1 heterocycles. The second kappa shape index (κ2) is 3.46. The maximum absolute atomic E-state index is 6.13. The van der Waals surface area contributed by atoms with Crippen molar-refractivity contribution in [3.8, 4) is 5.88 Å². The van der Waals surface area contributed by atoms with E-state index >= 15 is 0 Å². The lowest BCUT2D eigenvalue weighted by atomic mass is 10.1. The highest BCUT2D eigenvalue weighted by Gasteiger charge is 2.05. The van der Waals surface area contributed by atoms with E-state index in [9.17, 15) is 0 Å². The Kier molecular flexibility index (Phi) is 2.30. The molecule has 0 bridgehead atoms. The van der Waals surface area contributed by atoms with Crippen LogP contribution in [0.5, 0.6) is 5.88 Å². The van der Waals surface area contributed by atoms with E-state index < -0.39 is 0 Å². The second-order valence-electron chi connectivity index (χ2n) is 3.12. The first-order valence-electron chi connectivity index (χ1n) is 4.32. The molecule has 0 fully saturated rings. The molecule has 0 saturated carbocycles. The van der Waals surface area contributed by atoms with Gasteiger partial charge in [0.2, 0.25) is 5.88 Å². The van der Waals surface area contributed by atoms with Crippen LogP contribution in [-0.2, 0) is 0 Å². The van der Waals surface area contributed by atoms with Gasteiger partial charge in [-0.05, 0) is 18.6 Å². The van der Waals surface area contributed by atoms with Gasteiger partial charge in [-0.3, -0.25) is 0 Å². The molecule has 2 aromatic rings. The van der Waals surface area contributed by atoms with Gasteiger partial charge in [0, 0.05) is 11.5 Å². The van der Waals surface area contributed by atoms with Crippen LogP contribution in [0.2, 0.25) is 5.02 Å².